The van der Waals surface area contributed by atoms with E-state index < -0.39 is 97.5 Å². The summed E-state index contributed by atoms with van der Waals surface area (Å²) in [5, 5.41) is 10.7. The van der Waals surface area contributed by atoms with Crippen LogP contribution in [-0.4, -0.2) is 96.7 Å². The number of carbonyl (C=O) groups excluding carboxylic acids is 4. The Hall–Kier alpha value is -1.94. The molecule has 0 rings (SSSR count). The predicted molar refractivity (Wildman–Crippen MR) is 442 cm³/mol. The summed E-state index contributed by atoms with van der Waals surface area (Å²) in [7, 11) is -9.93. The van der Waals surface area contributed by atoms with E-state index in [1.54, 1.807) is 0 Å². The Kier molecular flexibility index (Phi) is 79.2. The van der Waals surface area contributed by atoms with Crippen molar-refractivity contribution in [3.8, 4) is 0 Å². The second-order valence-electron chi connectivity index (χ2n) is 32.1. The van der Waals surface area contributed by atoms with E-state index in [1.165, 1.54) is 302 Å². The van der Waals surface area contributed by atoms with Gasteiger partial charge in [0.25, 0.3) is 0 Å². The van der Waals surface area contributed by atoms with Gasteiger partial charge in [0.15, 0.2) is 12.2 Å². The SMILES string of the molecule is CCCCCCCCCCCCCCCCCCCCCCCCC(=O)O[C@H](COC(=O)CCCCCCCCCCCCCCCCCCCCC)COP(=O)(O)OC[C@@H](O)COP(=O)(O)OC[C@@H](COC(=O)CCCCCCCCCCC(C)C)OC(=O)CCCCCCCCCCCCCCCCC. The van der Waals surface area contributed by atoms with Crippen LogP contribution < -0.4 is 0 Å². The van der Waals surface area contributed by atoms with Gasteiger partial charge in [-0.1, -0.05) is 426 Å². The number of unbranched alkanes of at least 4 members (excludes halogenated alkanes) is 60. The van der Waals surface area contributed by atoms with E-state index in [0.717, 1.165) is 95.8 Å². The van der Waals surface area contributed by atoms with Crippen molar-refractivity contribution in [2.45, 2.75) is 496 Å². The number of aliphatic hydroxyl groups is 1. The third-order valence-electron chi connectivity index (χ3n) is 20.8. The van der Waals surface area contributed by atoms with Gasteiger partial charge in [-0.3, -0.25) is 37.3 Å². The molecule has 0 amide bonds. The maximum Gasteiger partial charge on any atom is 0.472 e. The first-order valence-corrected chi connectivity index (χ1v) is 48.6. The lowest BCUT2D eigenvalue weighted by atomic mass is 10.0. The van der Waals surface area contributed by atoms with Crippen LogP contribution in [0, 0.1) is 5.92 Å². The molecular formula is C88H172O17P2. The topological polar surface area (TPSA) is 237 Å². The molecule has 107 heavy (non-hydrogen) atoms. The van der Waals surface area contributed by atoms with Gasteiger partial charge in [-0.25, -0.2) is 9.13 Å². The minimum Gasteiger partial charge on any atom is -0.462 e. The molecule has 17 nitrogen and oxygen atoms in total. The zero-order valence-corrected chi connectivity index (χ0v) is 72.1. The lowest BCUT2D eigenvalue weighted by Crippen LogP contribution is -2.30. The van der Waals surface area contributed by atoms with Crippen molar-refractivity contribution in [3.05, 3.63) is 0 Å². The molecule has 636 valence electrons. The Bertz CT molecular complexity index is 2030. The average molecular weight is 1560 g/mol. The van der Waals surface area contributed by atoms with Crippen molar-refractivity contribution in [2.24, 2.45) is 5.92 Å². The summed E-state index contributed by atoms with van der Waals surface area (Å²) in [5.74, 6) is -1.37. The summed E-state index contributed by atoms with van der Waals surface area (Å²) >= 11 is 0. The number of aliphatic hydroxyl groups excluding tert-OH is 1. The van der Waals surface area contributed by atoms with E-state index in [-0.39, 0.29) is 25.7 Å². The fraction of sp³-hybridized carbons (Fsp3) is 0.955. The molecule has 0 aromatic rings. The Labute approximate surface area is 658 Å². The standard InChI is InChI=1S/C88H172O17P2/c1-6-9-12-15-18-21-24-27-30-32-34-35-36-38-40-43-46-49-52-59-64-69-74-87(92)104-83(77-98-85(90)71-66-61-56-50-47-44-42-39-37-33-31-28-25-22-19-16-13-10-7-2)79-102-106(94,95)100-75-82(89)76-101-107(96,97)103-80-84(78-99-86(91)72-67-62-57-54-53-55-60-65-70-81(4)5)105-88(93)73-68-63-58-51-48-45-41-29-26-23-20-17-14-11-8-3/h81-84,89H,6-80H2,1-5H3,(H,94,95)(H,96,97)/t82-,83-,84-/m1/s1. The molecule has 0 radical (unpaired) electrons. The number of hydrogen-bond donors (Lipinski definition) is 3. The maximum absolute atomic E-state index is 13.2. The van der Waals surface area contributed by atoms with Crippen LogP contribution in [0.2, 0.25) is 0 Å². The summed E-state index contributed by atoms with van der Waals surface area (Å²) in [4.78, 5) is 73.3. The van der Waals surface area contributed by atoms with Crippen molar-refractivity contribution >= 4 is 39.5 Å². The van der Waals surface area contributed by atoms with E-state index in [9.17, 15) is 43.2 Å². The second kappa shape index (κ2) is 80.7. The van der Waals surface area contributed by atoms with E-state index in [0.29, 0.717) is 25.7 Å². The van der Waals surface area contributed by atoms with Crippen molar-refractivity contribution in [1.29, 1.82) is 0 Å². The van der Waals surface area contributed by atoms with Gasteiger partial charge in [-0.15, -0.1) is 0 Å². The highest BCUT2D eigenvalue weighted by Crippen LogP contribution is 2.45. The van der Waals surface area contributed by atoms with Crippen molar-refractivity contribution < 1.29 is 80.2 Å². The lowest BCUT2D eigenvalue weighted by Gasteiger charge is -2.21. The third-order valence-corrected chi connectivity index (χ3v) is 22.7. The summed E-state index contributed by atoms with van der Waals surface area (Å²) in [5.41, 5.74) is 0. The molecule has 0 aromatic heterocycles. The number of rotatable bonds is 88. The van der Waals surface area contributed by atoms with Gasteiger partial charge in [0.05, 0.1) is 26.4 Å². The van der Waals surface area contributed by atoms with Crippen molar-refractivity contribution in [3.63, 3.8) is 0 Å². The minimum absolute atomic E-state index is 0.108. The summed E-state index contributed by atoms with van der Waals surface area (Å²) in [6.45, 7) is 7.34. The van der Waals surface area contributed by atoms with Crippen LogP contribution in [0.4, 0.5) is 0 Å². The fourth-order valence-electron chi connectivity index (χ4n) is 13.8. The Morgan fingerprint density at radius 2 is 0.430 bits per heavy atom. The number of phosphoric ester groups is 2. The molecule has 5 atom stereocenters. The quantitative estimate of drug-likeness (QED) is 0.0222. The Balaban J connectivity index is 5.22. The van der Waals surface area contributed by atoms with Gasteiger partial charge in [-0.05, 0) is 31.6 Å². The summed E-state index contributed by atoms with van der Waals surface area (Å²) < 4.78 is 69.0. The number of ether oxygens (including phenoxy) is 4. The molecule has 0 aliphatic rings. The number of phosphoric acid groups is 2. The highest BCUT2D eigenvalue weighted by Gasteiger charge is 2.30. The summed E-state index contributed by atoms with van der Waals surface area (Å²) in [6, 6.07) is 0. The molecule has 0 fully saturated rings. The van der Waals surface area contributed by atoms with E-state index in [4.69, 9.17) is 37.0 Å². The molecule has 2 unspecified atom stereocenters. The van der Waals surface area contributed by atoms with Crippen LogP contribution in [0.25, 0.3) is 0 Å². The van der Waals surface area contributed by atoms with Gasteiger partial charge in [-0.2, -0.15) is 0 Å². The van der Waals surface area contributed by atoms with E-state index in [1.807, 2.05) is 0 Å². The van der Waals surface area contributed by atoms with Crippen LogP contribution in [-0.2, 0) is 65.4 Å². The first-order valence-electron chi connectivity index (χ1n) is 45.6. The van der Waals surface area contributed by atoms with Crippen LogP contribution >= 0.6 is 15.6 Å². The predicted octanol–water partition coefficient (Wildman–Crippen LogP) is 27.2. The zero-order chi connectivity index (χ0) is 78.3. The Morgan fingerprint density at radius 3 is 0.636 bits per heavy atom. The van der Waals surface area contributed by atoms with Crippen LogP contribution in [0.3, 0.4) is 0 Å². The molecule has 0 aliphatic carbocycles. The lowest BCUT2D eigenvalue weighted by molar-refractivity contribution is -0.161. The molecule has 3 N–H and O–H groups in total. The van der Waals surface area contributed by atoms with Crippen LogP contribution in [0.1, 0.15) is 478 Å². The zero-order valence-electron chi connectivity index (χ0n) is 70.3. The molecule has 0 aromatic carbocycles. The first-order chi connectivity index (χ1) is 52.0. The van der Waals surface area contributed by atoms with Gasteiger partial charge < -0.3 is 33.8 Å². The third kappa shape index (κ3) is 81.9. The van der Waals surface area contributed by atoms with Crippen LogP contribution in [0.5, 0.6) is 0 Å². The summed E-state index contributed by atoms with van der Waals surface area (Å²) in [6.07, 6.45) is 75.2. The fourth-order valence-corrected chi connectivity index (χ4v) is 15.4. The molecular weight excluding hydrogens is 1390 g/mol. The molecule has 0 heterocycles. The van der Waals surface area contributed by atoms with Gasteiger partial charge in [0, 0.05) is 25.7 Å². The normalized spacial score (nSPS) is 13.7. The monoisotopic (exact) mass is 1560 g/mol. The highest BCUT2D eigenvalue weighted by atomic mass is 31.2. The first kappa shape index (κ1) is 105. The molecule has 0 spiro atoms. The van der Waals surface area contributed by atoms with E-state index in [2.05, 4.69) is 34.6 Å². The number of esters is 4. The molecule has 19 heteroatoms. The maximum atomic E-state index is 13.2. The van der Waals surface area contributed by atoms with E-state index >= 15 is 0 Å². The van der Waals surface area contributed by atoms with Crippen molar-refractivity contribution in [2.75, 3.05) is 39.6 Å². The second-order valence-corrected chi connectivity index (χ2v) is 35.0. The molecule has 0 aliphatic heterocycles. The molecule has 0 saturated heterocycles. The van der Waals surface area contributed by atoms with Crippen molar-refractivity contribution in [1.82, 2.24) is 0 Å². The molecule has 0 saturated carbocycles. The van der Waals surface area contributed by atoms with Gasteiger partial charge in [0.1, 0.15) is 19.3 Å². The smallest absolute Gasteiger partial charge is 0.462 e. The van der Waals surface area contributed by atoms with Gasteiger partial charge in [0.2, 0.25) is 0 Å². The largest absolute Gasteiger partial charge is 0.472 e. The number of carbonyl (C=O) groups is 4. The highest BCUT2D eigenvalue weighted by molar-refractivity contribution is 7.47. The molecule has 0 bridgehead atoms. The minimum atomic E-state index is -4.97. The average Bonchev–Trinajstić information content (AvgIpc) is 0.908. The van der Waals surface area contributed by atoms with Gasteiger partial charge >= 0.3 is 39.5 Å². The van der Waals surface area contributed by atoms with Crippen LogP contribution in [0.15, 0.2) is 0 Å². The number of hydrogen-bond acceptors (Lipinski definition) is 15. The Morgan fingerprint density at radius 1 is 0.252 bits per heavy atom.